The van der Waals surface area contributed by atoms with Crippen LogP contribution in [-0.4, -0.2) is 40.1 Å². The van der Waals surface area contributed by atoms with Crippen LogP contribution in [0.3, 0.4) is 0 Å². The smallest absolute Gasteiger partial charge is 0.264 e. The minimum Gasteiger partial charge on any atom is -0.352 e. The second kappa shape index (κ2) is 11.2. The Kier molecular flexibility index (Phi) is 8.36. The van der Waals surface area contributed by atoms with Crippen molar-refractivity contribution in [2.24, 2.45) is 0 Å². The highest BCUT2D eigenvalue weighted by atomic mass is 32.2. The van der Waals surface area contributed by atoms with Gasteiger partial charge in [-0.1, -0.05) is 19.1 Å². The largest absolute Gasteiger partial charge is 0.352 e. The van der Waals surface area contributed by atoms with Gasteiger partial charge in [0.25, 0.3) is 21.8 Å². The maximum absolute atomic E-state index is 13.0. The average Bonchev–Trinajstić information content (AvgIpc) is 2.87. The van der Waals surface area contributed by atoms with Gasteiger partial charge >= 0.3 is 0 Å². The average molecular weight is 498 g/mol. The van der Waals surface area contributed by atoms with Gasteiger partial charge in [0.15, 0.2) is 0 Å². The third-order valence-corrected chi connectivity index (χ3v) is 7.71. The molecule has 2 N–H and O–H groups in total. The highest BCUT2D eigenvalue weighted by Crippen LogP contribution is 2.25. The summed E-state index contributed by atoms with van der Waals surface area (Å²) < 4.78 is 27.1. The lowest BCUT2D eigenvalue weighted by molar-refractivity contribution is 0.0954. The molecule has 0 aliphatic rings. The van der Waals surface area contributed by atoms with Crippen LogP contribution in [0.25, 0.3) is 0 Å². The lowest BCUT2D eigenvalue weighted by atomic mass is 10.1. The predicted octanol–water partition coefficient (Wildman–Crippen LogP) is 4.63. The van der Waals surface area contributed by atoms with Crippen molar-refractivity contribution in [1.29, 1.82) is 0 Å². The number of carbonyl (C=O) groups is 2. The van der Waals surface area contributed by atoms with E-state index in [0.29, 0.717) is 29.0 Å². The Balaban J connectivity index is 1.75. The Morgan fingerprint density at radius 1 is 0.912 bits per heavy atom. The standard InChI is InChI=1S/C25H27N3O4S2/c1-4-17-26-25(30)22-7-5-6-8-23(22)27-24(29)18-9-11-19(12-10-18)28(2)34(31,32)21-15-13-20(33-3)14-16-21/h5-16H,4,17H2,1-3H3,(H,26,30)(H,27,29). The zero-order valence-electron chi connectivity index (χ0n) is 19.2. The number of thioether (sulfide) groups is 1. The van der Waals surface area contributed by atoms with Crippen molar-refractivity contribution in [2.75, 3.05) is 29.5 Å². The molecule has 0 saturated heterocycles. The van der Waals surface area contributed by atoms with E-state index in [4.69, 9.17) is 0 Å². The van der Waals surface area contributed by atoms with Gasteiger partial charge in [0.05, 0.1) is 21.8 Å². The van der Waals surface area contributed by atoms with Gasteiger partial charge in [-0.15, -0.1) is 11.8 Å². The highest BCUT2D eigenvalue weighted by molar-refractivity contribution is 7.98. The summed E-state index contributed by atoms with van der Waals surface area (Å²) in [5.74, 6) is -0.661. The maximum atomic E-state index is 13.0. The van der Waals surface area contributed by atoms with Crippen LogP contribution in [0, 0.1) is 0 Å². The van der Waals surface area contributed by atoms with Crippen molar-refractivity contribution in [3.05, 3.63) is 83.9 Å². The van der Waals surface area contributed by atoms with Gasteiger partial charge in [0.1, 0.15) is 0 Å². The van der Waals surface area contributed by atoms with Crippen LogP contribution in [0.15, 0.2) is 82.6 Å². The summed E-state index contributed by atoms with van der Waals surface area (Å²) >= 11 is 1.53. The van der Waals surface area contributed by atoms with Gasteiger partial charge in [-0.3, -0.25) is 13.9 Å². The monoisotopic (exact) mass is 497 g/mol. The lowest BCUT2D eigenvalue weighted by Crippen LogP contribution is -2.26. The molecule has 0 bridgehead atoms. The molecule has 0 aliphatic carbocycles. The number of sulfonamides is 1. The van der Waals surface area contributed by atoms with E-state index in [1.165, 1.54) is 23.1 Å². The maximum Gasteiger partial charge on any atom is 0.264 e. The zero-order chi connectivity index (χ0) is 24.7. The topological polar surface area (TPSA) is 95.6 Å². The Morgan fingerprint density at radius 3 is 2.18 bits per heavy atom. The Labute approximate surface area is 204 Å². The van der Waals surface area contributed by atoms with Crippen molar-refractivity contribution >= 4 is 45.0 Å². The lowest BCUT2D eigenvalue weighted by Gasteiger charge is -2.20. The Morgan fingerprint density at radius 2 is 1.56 bits per heavy atom. The number of amides is 2. The number of hydrogen-bond donors (Lipinski definition) is 2. The first-order valence-corrected chi connectivity index (χ1v) is 13.4. The summed E-state index contributed by atoms with van der Waals surface area (Å²) in [6.45, 7) is 2.50. The number of rotatable bonds is 9. The molecule has 0 unspecified atom stereocenters. The van der Waals surface area contributed by atoms with Gasteiger partial charge in [0, 0.05) is 24.1 Å². The minimum atomic E-state index is -3.74. The second-order valence-corrected chi connectivity index (χ2v) is 10.3. The van der Waals surface area contributed by atoms with Gasteiger partial charge in [-0.2, -0.15) is 0 Å². The molecular formula is C25H27N3O4S2. The van der Waals surface area contributed by atoms with E-state index in [0.717, 1.165) is 11.3 Å². The molecule has 2 amide bonds. The van der Waals surface area contributed by atoms with Crippen LogP contribution in [0.5, 0.6) is 0 Å². The van der Waals surface area contributed by atoms with E-state index in [1.54, 1.807) is 72.8 Å². The van der Waals surface area contributed by atoms with Crippen molar-refractivity contribution in [2.45, 2.75) is 23.1 Å². The third kappa shape index (κ3) is 5.78. The van der Waals surface area contributed by atoms with Crippen molar-refractivity contribution in [3.8, 4) is 0 Å². The summed E-state index contributed by atoms with van der Waals surface area (Å²) in [7, 11) is -2.27. The highest BCUT2D eigenvalue weighted by Gasteiger charge is 2.22. The van der Waals surface area contributed by atoms with Crippen LogP contribution in [-0.2, 0) is 10.0 Å². The molecule has 0 spiro atoms. The molecule has 3 aromatic carbocycles. The number of benzene rings is 3. The summed E-state index contributed by atoms with van der Waals surface area (Å²) in [6, 6.07) is 19.7. The zero-order valence-corrected chi connectivity index (χ0v) is 20.9. The molecule has 0 heterocycles. The summed E-state index contributed by atoms with van der Waals surface area (Å²) in [4.78, 5) is 26.3. The van der Waals surface area contributed by atoms with Crippen LogP contribution in [0.1, 0.15) is 34.1 Å². The van der Waals surface area contributed by atoms with Crippen LogP contribution < -0.4 is 14.9 Å². The van der Waals surface area contributed by atoms with Crippen LogP contribution in [0.2, 0.25) is 0 Å². The first-order chi connectivity index (χ1) is 16.3. The summed E-state index contributed by atoms with van der Waals surface area (Å²) in [6.07, 6.45) is 2.73. The van der Waals surface area contributed by atoms with Gasteiger partial charge in [0.2, 0.25) is 0 Å². The number of nitrogens with zero attached hydrogens (tertiary/aromatic N) is 1. The first kappa shape index (κ1) is 25.3. The van der Waals surface area contributed by atoms with E-state index < -0.39 is 15.9 Å². The Bertz CT molecular complexity index is 1260. The number of nitrogens with one attached hydrogen (secondary N) is 2. The molecule has 0 atom stereocenters. The van der Waals surface area contributed by atoms with Crippen LogP contribution >= 0.6 is 11.8 Å². The van der Waals surface area contributed by atoms with Gasteiger partial charge < -0.3 is 10.6 Å². The fraction of sp³-hybridized carbons (Fsp3) is 0.200. The quantitative estimate of drug-likeness (QED) is 0.421. The molecule has 9 heteroatoms. The SMILES string of the molecule is CCCNC(=O)c1ccccc1NC(=O)c1ccc(N(C)S(=O)(=O)c2ccc(SC)cc2)cc1. The summed E-state index contributed by atoms with van der Waals surface area (Å²) in [5, 5.41) is 5.57. The van der Waals surface area contributed by atoms with E-state index in [9.17, 15) is 18.0 Å². The van der Waals surface area contributed by atoms with E-state index in [1.807, 2.05) is 13.2 Å². The van der Waals surface area contributed by atoms with E-state index in [2.05, 4.69) is 10.6 Å². The molecule has 0 aliphatic heterocycles. The number of anilines is 2. The predicted molar refractivity (Wildman–Crippen MR) is 137 cm³/mol. The molecule has 0 saturated carbocycles. The normalized spacial score (nSPS) is 11.0. The van der Waals surface area contributed by atoms with Crippen molar-refractivity contribution in [1.82, 2.24) is 5.32 Å². The fourth-order valence-corrected chi connectivity index (χ4v) is 4.79. The molecule has 0 radical (unpaired) electrons. The molecule has 3 aromatic rings. The number of para-hydroxylation sites is 1. The first-order valence-electron chi connectivity index (χ1n) is 10.7. The van der Waals surface area contributed by atoms with Crippen molar-refractivity contribution < 1.29 is 18.0 Å². The fourth-order valence-electron chi connectivity index (χ4n) is 3.19. The van der Waals surface area contributed by atoms with E-state index >= 15 is 0 Å². The second-order valence-electron chi connectivity index (χ2n) is 7.45. The number of hydrogen-bond acceptors (Lipinski definition) is 5. The molecule has 0 fully saturated rings. The summed E-state index contributed by atoms with van der Waals surface area (Å²) in [5.41, 5.74) is 1.53. The van der Waals surface area contributed by atoms with Crippen molar-refractivity contribution in [3.63, 3.8) is 0 Å². The molecule has 7 nitrogen and oxygen atoms in total. The van der Waals surface area contributed by atoms with E-state index in [-0.39, 0.29) is 10.8 Å². The third-order valence-electron chi connectivity index (χ3n) is 5.17. The molecular weight excluding hydrogens is 470 g/mol. The van der Waals surface area contributed by atoms with Gasteiger partial charge in [-0.05, 0) is 73.3 Å². The molecule has 0 aromatic heterocycles. The molecule has 3 rings (SSSR count). The number of carbonyl (C=O) groups excluding carboxylic acids is 2. The Hall–Kier alpha value is -3.30. The minimum absolute atomic E-state index is 0.188. The molecule has 34 heavy (non-hydrogen) atoms. The van der Waals surface area contributed by atoms with Gasteiger partial charge in [-0.25, -0.2) is 8.42 Å². The molecule has 178 valence electrons. The van der Waals surface area contributed by atoms with Crippen LogP contribution in [0.4, 0.5) is 11.4 Å².